The van der Waals surface area contributed by atoms with E-state index in [9.17, 15) is 14.4 Å². The van der Waals surface area contributed by atoms with Gasteiger partial charge in [-0.05, 0) is 31.0 Å². The monoisotopic (exact) mass is 347 g/mol. The highest BCUT2D eigenvalue weighted by Crippen LogP contribution is 2.29. The first-order valence-corrected chi connectivity index (χ1v) is 8.16. The Balaban J connectivity index is 1.65. The van der Waals surface area contributed by atoms with Gasteiger partial charge >= 0.3 is 6.03 Å². The Morgan fingerprint density at radius 1 is 1.12 bits per heavy atom. The third kappa shape index (κ3) is 3.24. The number of piperidine rings is 1. The molecular formula is C17H21N3O5. The largest absolute Gasteiger partial charge is 0.493 e. The summed E-state index contributed by atoms with van der Waals surface area (Å²) < 4.78 is 10.4. The first kappa shape index (κ1) is 17.1. The average Bonchev–Trinajstić information content (AvgIpc) is 2.99. The van der Waals surface area contributed by atoms with Crippen LogP contribution in [0.2, 0.25) is 0 Å². The van der Waals surface area contributed by atoms with Crippen molar-refractivity contribution in [2.75, 3.05) is 33.9 Å². The fourth-order valence-corrected chi connectivity index (χ4v) is 3.28. The summed E-state index contributed by atoms with van der Waals surface area (Å²) in [4.78, 5) is 39.2. The minimum absolute atomic E-state index is 0.0591. The van der Waals surface area contributed by atoms with Crippen molar-refractivity contribution in [3.8, 4) is 11.5 Å². The van der Waals surface area contributed by atoms with Crippen molar-refractivity contribution in [3.05, 3.63) is 23.8 Å². The summed E-state index contributed by atoms with van der Waals surface area (Å²) in [5, 5.41) is 2.53. The van der Waals surface area contributed by atoms with Gasteiger partial charge in [0.1, 0.15) is 0 Å². The minimum atomic E-state index is -0.338. The molecule has 8 nitrogen and oxygen atoms in total. The van der Waals surface area contributed by atoms with Gasteiger partial charge in [0, 0.05) is 24.7 Å². The Hall–Kier alpha value is -2.77. The van der Waals surface area contributed by atoms with Gasteiger partial charge in [0.05, 0.1) is 20.8 Å². The lowest BCUT2D eigenvalue weighted by atomic mass is 10.0. The van der Waals surface area contributed by atoms with Gasteiger partial charge in [0.2, 0.25) is 5.91 Å². The molecule has 1 aromatic carbocycles. The number of nitrogens with one attached hydrogen (secondary N) is 1. The van der Waals surface area contributed by atoms with E-state index in [4.69, 9.17) is 9.47 Å². The number of rotatable bonds is 4. The van der Waals surface area contributed by atoms with Crippen LogP contribution in [0.5, 0.6) is 11.5 Å². The van der Waals surface area contributed by atoms with Crippen LogP contribution in [-0.2, 0) is 4.79 Å². The van der Waals surface area contributed by atoms with E-state index in [-0.39, 0.29) is 30.4 Å². The quantitative estimate of drug-likeness (QED) is 0.816. The van der Waals surface area contributed by atoms with Crippen LogP contribution in [0.3, 0.4) is 0 Å². The number of imide groups is 1. The second kappa shape index (κ2) is 7.00. The average molecular weight is 347 g/mol. The molecular weight excluding hydrogens is 326 g/mol. The molecule has 3 rings (SSSR count). The van der Waals surface area contributed by atoms with Crippen molar-refractivity contribution in [2.45, 2.75) is 18.9 Å². The van der Waals surface area contributed by atoms with Crippen molar-refractivity contribution in [2.24, 2.45) is 0 Å². The van der Waals surface area contributed by atoms with Gasteiger partial charge in [0.25, 0.3) is 5.91 Å². The highest BCUT2D eigenvalue weighted by Gasteiger charge is 2.37. The predicted octanol–water partition coefficient (Wildman–Crippen LogP) is 0.860. The first-order chi connectivity index (χ1) is 12.0. The topological polar surface area (TPSA) is 88.2 Å². The molecule has 0 radical (unpaired) electrons. The Kier molecular flexibility index (Phi) is 4.78. The van der Waals surface area contributed by atoms with Gasteiger partial charge in [0.15, 0.2) is 11.5 Å². The lowest BCUT2D eigenvalue weighted by Crippen LogP contribution is -2.49. The van der Waals surface area contributed by atoms with E-state index in [0.717, 1.165) is 0 Å². The fourth-order valence-electron chi connectivity index (χ4n) is 3.28. The number of methoxy groups -OCH3 is 2. The molecule has 2 saturated heterocycles. The number of nitrogens with zero attached hydrogens (tertiary/aromatic N) is 2. The number of ether oxygens (including phenoxy) is 2. The molecule has 2 aliphatic rings. The van der Waals surface area contributed by atoms with Crippen LogP contribution in [0.1, 0.15) is 23.2 Å². The number of carbonyl (C=O) groups excluding carboxylic acids is 3. The number of carbonyl (C=O) groups is 3. The summed E-state index contributed by atoms with van der Waals surface area (Å²) in [6, 6.07) is 4.57. The Morgan fingerprint density at radius 3 is 2.36 bits per heavy atom. The minimum Gasteiger partial charge on any atom is -0.493 e. The number of hydrogen-bond donors (Lipinski definition) is 1. The summed E-state index contributed by atoms with van der Waals surface area (Å²) >= 11 is 0. The van der Waals surface area contributed by atoms with Crippen LogP contribution in [0.25, 0.3) is 0 Å². The van der Waals surface area contributed by atoms with E-state index in [1.165, 1.54) is 12.0 Å². The lowest BCUT2D eigenvalue weighted by molar-refractivity contribution is -0.127. The smallest absolute Gasteiger partial charge is 0.324 e. The highest BCUT2D eigenvalue weighted by molar-refractivity contribution is 6.02. The first-order valence-electron chi connectivity index (χ1n) is 8.16. The molecule has 1 N–H and O–H groups in total. The zero-order valence-electron chi connectivity index (χ0n) is 14.3. The molecule has 8 heteroatoms. The van der Waals surface area contributed by atoms with E-state index in [1.54, 1.807) is 30.2 Å². The number of urea groups is 1. The SMILES string of the molecule is COc1ccc(C(=O)N2CCC(N3C(=O)CNC3=O)CC2)cc1OC. The van der Waals surface area contributed by atoms with Crippen LogP contribution in [0.15, 0.2) is 18.2 Å². The van der Waals surface area contributed by atoms with E-state index in [2.05, 4.69) is 5.32 Å². The Labute approximate surface area is 145 Å². The molecule has 0 spiro atoms. The number of hydrogen-bond acceptors (Lipinski definition) is 5. The van der Waals surface area contributed by atoms with Crippen molar-refractivity contribution >= 4 is 17.8 Å². The summed E-state index contributed by atoms with van der Waals surface area (Å²) in [6.07, 6.45) is 1.16. The molecule has 1 aromatic rings. The third-order valence-electron chi connectivity index (χ3n) is 4.63. The lowest BCUT2D eigenvalue weighted by Gasteiger charge is -2.35. The fraction of sp³-hybridized carbons (Fsp3) is 0.471. The molecule has 4 amide bonds. The van der Waals surface area contributed by atoms with Gasteiger partial charge in [-0.2, -0.15) is 0 Å². The maximum atomic E-state index is 12.7. The number of likely N-dealkylation sites (tertiary alicyclic amines) is 1. The second-order valence-electron chi connectivity index (χ2n) is 6.02. The second-order valence-corrected chi connectivity index (χ2v) is 6.02. The van der Waals surface area contributed by atoms with Gasteiger partial charge in [-0.1, -0.05) is 0 Å². The molecule has 134 valence electrons. The molecule has 0 saturated carbocycles. The van der Waals surface area contributed by atoms with Crippen LogP contribution in [-0.4, -0.2) is 67.5 Å². The highest BCUT2D eigenvalue weighted by atomic mass is 16.5. The zero-order chi connectivity index (χ0) is 18.0. The maximum Gasteiger partial charge on any atom is 0.324 e. The van der Waals surface area contributed by atoms with Gasteiger partial charge < -0.3 is 19.7 Å². The van der Waals surface area contributed by atoms with Crippen molar-refractivity contribution in [1.82, 2.24) is 15.1 Å². The molecule has 0 bridgehead atoms. The maximum absolute atomic E-state index is 12.7. The predicted molar refractivity (Wildman–Crippen MR) is 88.7 cm³/mol. The van der Waals surface area contributed by atoms with Crippen LogP contribution >= 0.6 is 0 Å². The normalized spacial score (nSPS) is 18.3. The Bertz CT molecular complexity index is 682. The molecule has 0 aromatic heterocycles. The van der Waals surface area contributed by atoms with Gasteiger partial charge in [-0.15, -0.1) is 0 Å². The van der Waals surface area contributed by atoms with Crippen LogP contribution in [0.4, 0.5) is 4.79 Å². The molecule has 0 atom stereocenters. The van der Waals surface area contributed by atoms with E-state index in [1.807, 2.05) is 0 Å². The molecule has 2 heterocycles. The number of benzene rings is 1. The molecule has 0 unspecified atom stereocenters. The van der Waals surface area contributed by atoms with Crippen LogP contribution < -0.4 is 14.8 Å². The molecule has 25 heavy (non-hydrogen) atoms. The number of amides is 4. The Morgan fingerprint density at radius 2 is 1.80 bits per heavy atom. The zero-order valence-corrected chi connectivity index (χ0v) is 14.3. The van der Waals surface area contributed by atoms with Gasteiger partial charge in [-0.25, -0.2) is 4.79 Å². The summed E-state index contributed by atoms with van der Waals surface area (Å²) in [5.74, 6) is 0.769. The summed E-state index contributed by atoms with van der Waals surface area (Å²) in [6.45, 7) is 1.05. The molecule has 0 aliphatic carbocycles. The van der Waals surface area contributed by atoms with E-state index in [0.29, 0.717) is 43.0 Å². The third-order valence-corrected chi connectivity index (χ3v) is 4.63. The molecule has 2 fully saturated rings. The van der Waals surface area contributed by atoms with Crippen molar-refractivity contribution < 1.29 is 23.9 Å². The summed E-state index contributed by atoms with van der Waals surface area (Å²) in [7, 11) is 3.07. The van der Waals surface area contributed by atoms with Crippen molar-refractivity contribution in [3.63, 3.8) is 0 Å². The van der Waals surface area contributed by atoms with Crippen LogP contribution in [0, 0.1) is 0 Å². The van der Waals surface area contributed by atoms with E-state index >= 15 is 0 Å². The standard InChI is InChI=1S/C17H21N3O5/c1-24-13-4-3-11(9-14(13)25-2)16(22)19-7-5-12(6-8-19)20-15(21)10-18-17(20)23/h3-4,9,12H,5-8,10H2,1-2H3,(H,18,23). The van der Waals surface area contributed by atoms with Gasteiger partial charge in [-0.3, -0.25) is 14.5 Å². The molecule has 2 aliphatic heterocycles. The van der Waals surface area contributed by atoms with Crippen molar-refractivity contribution in [1.29, 1.82) is 0 Å². The van der Waals surface area contributed by atoms with E-state index < -0.39 is 0 Å². The summed E-state index contributed by atoms with van der Waals surface area (Å²) in [5.41, 5.74) is 0.520.